The Bertz CT molecular complexity index is 523. The van der Waals surface area contributed by atoms with Crippen molar-refractivity contribution < 1.29 is 5.11 Å². The smallest absolute Gasteiger partial charge is 0.128 e. The van der Waals surface area contributed by atoms with Crippen molar-refractivity contribution in [2.24, 2.45) is 0 Å². The topological polar surface area (TPSA) is 54.2 Å². The van der Waals surface area contributed by atoms with E-state index in [1.165, 1.54) is 0 Å². The number of pyridine rings is 1. The summed E-state index contributed by atoms with van der Waals surface area (Å²) in [6.45, 7) is 2.67. The van der Waals surface area contributed by atoms with Gasteiger partial charge in [0.05, 0.1) is 13.2 Å². The average Bonchev–Trinajstić information content (AvgIpc) is 2.85. The molecule has 0 amide bonds. The Morgan fingerprint density at radius 3 is 3.12 bits per heavy atom. The largest absolute Gasteiger partial charge is 0.392 e. The van der Waals surface area contributed by atoms with Crippen molar-refractivity contribution in [3.05, 3.63) is 42.2 Å². The summed E-state index contributed by atoms with van der Waals surface area (Å²) in [6.07, 6.45) is 7.32. The second-order valence-electron chi connectivity index (χ2n) is 4.12. The molecule has 88 valence electrons. The van der Waals surface area contributed by atoms with Gasteiger partial charge in [0.1, 0.15) is 5.82 Å². The van der Waals surface area contributed by atoms with Crippen molar-refractivity contribution >= 4 is 5.69 Å². The molecule has 0 spiro atoms. The molecule has 0 atom stereocenters. The summed E-state index contributed by atoms with van der Waals surface area (Å²) in [7, 11) is 0. The van der Waals surface area contributed by atoms with E-state index in [0.717, 1.165) is 36.7 Å². The molecule has 5 heteroatoms. The molecule has 1 aliphatic heterocycles. The number of hydrogen-bond acceptors (Lipinski definition) is 4. The highest BCUT2D eigenvalue weighted by atomic mass is 16.3. The minimum Gasteiger partial charge on any atom is -0.392 e. The van der Waals surface area contributed by atoms with Gasteiger partial charge in [-0.15, -0.1) is 0 Å². The summed E-state index contributed by atoms with van der Waals surface area (Å²) >= 11 is 0. The Kier molecular flexibility index (Phi) is 2.53. The average molecular weight is 230 g/mol. The molecule has 17 heavy (non-hydrogen) atoms. The van der Waals surface area contributed by atoms with Crippen molar-refractivity contribution in [2.45, 2.75) is 19.7 Å². The Hall–Kier alpha value is -1.88. The standard InChI is InChI=1S/C12H14N4O/c17-9-10-7-13-2-1-11(10)16-6-5-15-4-3-14-12(15)8-16/h1-4,7,17H,5-6,8-9H2. The number of anilines is 1. The molecule has 0 aliphatic carbocycles. The number of nitrogens with zero attached hydrogens (tertiary/aromatic N) is 4. The van der Waals surface area contributed by atoms with Gasteiger partial charge in [0.15, 0.2) is 0 Å². The molecule has 0 radical (unpaired) electrons. The van der Waals surface area contributed by atoms with Crippen LogP contribution in [0.4, 0.5) is 5.69 Å². The first kappa shape index (κ1) is 10.3. The van der Waals surface area contributed by atoms with Crippen molar-refractivity contribution in [1.82, 2.24) is 14.5 Å². The van der Waals surface area contributed by atoms with E-state index >= 15 is 0 Å². The summed E-state index contributed by atoms with van der Waals surface area (Å²) in [5, 5.41) is 9.32. The minimum absolute atomic E-state index is 0.0219. The van der Waals surface area contributed by atoms with Gasteiger partial charge in [-0.05, 0) is 6.07 Å². The molecule has 1 N–H and O–H groups in total. The second kappa shape index (κ2) is 4.18. The van der Waals surface area contributed by atoms with Crippen LogP contribution in [0.15, 0.2) is 30.9 Å². The predicted molar refractivity (Wildman–Crippen MR) is 63.4 cm³/mol. The predicted octanol–water partition coefficient (Wildman–Crippen LogP) is 0.791. The Balaban J connectivity index is 1.91. The molecule has 1 aliphatic rings. The zero-order chi connectivity index (χ0) is 11.7. The molecule has 0 unspecified atom stereocenters. The highest BCUT2D eigenvalue weighted by Gasteiger charge is 2.18. The summed E-state index contributed by atoms with van der Waals surface area (Å²) < 4.78 is 2.16. The lowest BCUT2D eigenvalue weighted by Crippen LogP contribution is -2.34. The molecular weight excluding hydrogens is 216 g/mol. The van der Waals surface area contributed by atoms with E-state index in [9.17, 15) is 5.11 Å². The lowest BCUT2D eigenvalue weighted by molar-refractivity contribution is 0.281. The van der Waals surface area contributed by atoms with Crippen molar-refractivity contribution in [3.8, 4) is 0 Å². The van der Waals surface area contributed by atoms with Crippen LogP contribution in [0.2, 0.25) is 0 Å². The number of imidazole rings is 1. The highest BCUT2D eigenvalue weighted by molar-refractivity contribution is 5.52. The number of aromatic nitrogens is 3. The van der Waals surface area contributed by atoms with Crippen molar-refractivity contribution in [2.75, 3.05) is 11.4 Å². The van der Waals surface area contributed by atoms with Gasteiger partial charge in [-0.3, -0.25) is 4.98 Å². The van der Waals surface area contributed by atoms with E-state index in [4.69, 9.17) is 0 Å². The van der Waals surface area contributed by atoms with Gasteiger partial charge >= 0.3 is 0 Å². The molecule has 3 rings (SSSR count). The molecule has 0 aromatic carbocycles. The quantitative estimate of drug-likeness (QED) is 0.828. The maximum Gasteiger partial charge on any atom is 0.128 e. The third-order valence-electron chi connectivity index (χ3n) is 3.13. The van der Waals surface area contributed by atoms with Crippen LogP contribution in [0.5, 0.6) is 0 Å². The van der Waals surface area contributed by atoms with Crippen LogP contribution >= 0.6 is 0 Å². The van der Waals surface area contributed by atoms with Crippen LogP contribution in [-0.4, -0.2) is 26.2 Å². The van der Waals surface area contributed by atoms with Crippen LogP contribution in [0, 0.1) is 0 Å². The summed E-state index contributed by atoms with van der Waals surface area (Å²) in [5.74, 6) is 1.07. The Labute approximate surface area is 99.4 Å². The Morgan fingerprint density at radius 1 is 1.29 bits per heavy atom. The number of rotatable bonds is 2. The van der Waals surface area contributed by atoms with E-state index < -0.39 is 0 Å². The van der Waals surface area contributed by atoms with Crippen LogP contribution < -0.4 is 4.90 Å². The first-order valence-corrected chi connectivity index (χ1v) is 5.67. The van der Waals surface area contributed by atoms with E-state index in [0.29, 0.717) is 0 Å². The molecular formula is C12H14N4O. The molecule has 5 nitrogen and oxygen atoms in total. The number of aliphatic hydroxyl groups is 1. The molecule has 3 heterocycles. The van der Waals surface area contributed by atoms with E-state index in [-0.39, 0.29) is 6.61 Å². The maximum atomic E-state index is 9.32. The normalized spacial score (nSPS) is 14.8. The van der Waals surface area contributed by atoms with Crippen molar-refractivity contribution in [1.29, 1.82) is 0 Å². The maximum absolute atomic E-state index is 9.32. The zero-order valence-electron chi connectivity index (χ0n) is 9.45. The van der Waals surface area contributed by atoms with Gasteiger partial charge in [-0.1, -0.05) is 0 Å². The number of fused-ring (bicyclic) bond motifs is 1. The number of hydrogen-bond donors (Lipinski definition) is 1. The first-order valence-electron chi connectivity index (χ1n) is 5.67. The van der Waals surface area contributed by atoms with Crippen LogP contribution in [0.1, 0.15) is 11.4 Å². The fourth-order valence-corrected chi connectivity index (χ4v) is 2.23. The molecule has 0 fully saturated rings. The van der Waals surface area contributed by atoms with E-state index in [1.54, 1.807) is 12.4 Å². The van der Waals surface area contributed by atoms with Gasteiger partial charge in [0.25, 0.3) is 0 Å². The second-order valence-corrected chi connectivity index (χ2v) is 4.12. The van der Waals surface area contributed by atoms with Gasteiger partial charge in [-0.25, -0.2) is 4.98 Å². The minimum atomic E-state index is 0.0219. The van der Waals surface area contributed by atoms with E-state index in [2.05, 4.69) is 19.4 Å². The van der Waals surface area contributed by atoms with Crippen LogP contribution in [0.3, 0.4) is 0 Å². The molecule has 0 saturated carbocycles. The summed E-state index contributed by atoms with van der Waals surface area (Å²) in [6, 6.07) is 1.95. The fourth-order valence-electron chi connectivity index (χ4n) is 2.23. The Morgan fingerprint density at radius 2 is 2.24 bits per heavy atom. The van der Waals surface area contributed by atoms with Gasteiger partial charge < -0.3 is 14.6 Å². The molecule has 2 aromatic heterocycles. The van der Waals surface area contributed by atoms with E-state index in [1.807, 2.05) is 18.5 Å². The SMILES string of the molecule is OCc1cnccc1N1CCn2ccnc2C1. The summed E-state index contributed by atoms with van der Waals surface area (Å²) in [4.78, 5) is 10.6. The molecule has 2 aromatic rings. The van der Waals surface area contributed by atoms with Gasteiger partial charge in [0.2, 0.25) is 0 Å². The molecule has 0 saturated heterocycles. The highest BCUT2D eigenvalue weighted by Crippen LogP contribution is 2.23. The third-order valence-corrected chi connectivity index (χ3v) is 3.13. The first-order chi connectivity index (χ1) is 8.38. The van der Waals surface area contributed by atoms with Crippen LogP contribution in [0.25, 0.3) is 0 Å². The zero-order valence-corrected chi connectivity index (χ0v) is 9.45. The lowest BCUT2D eigenvalue weighted by Gasteiger charge is -2.30. The molecule has 0 bridgehead atoms. The van der Waals surface area contributed by atoms with Crippen molar-refractivity contribution in [3.63, 3.8) is 0 Å². The lowest BCUT2D eigenvalue weighted by atomic mass is 10.2. The number of aliphatic hydroxyl groups excluding tert-OH is 1. The fraction of sp³-hybridized carbons (Fsp3) is 0.333. The summed E-state index contributed by atoms with van der Waals surface area (Å²) in [5.41, 5.74) is 1.92. The third kappa shape index (κ3) is 1.78. The monoisotopic (exact) mass is 230 g/mol. The van der Waals surface area contributed by atoms with Gasteiger partial charge in [0, 0.05) is 49.1 Å². The van der Waals surface area contributed by atoms with Gasteiger partial charge in [-0.2, -0.15) is 0 Å². The van der Waals surface area contributed by atoms with Crippen LogP contribution in [-0.2, 0) is 19.7 Å².